The minimum absolute atomic E-state index is 0.0984. The SMILES string of the molecule is O=C([O-])C(CCCCCCCCCCCO)C(=O)[O-]. The molecule has 5 nitrogen and oxygen atoms in total. The summed E-state index contributed by atoms with van der Waals surface area (Å²) >= 11 is 0. The van der Waals surface area contributed by atoms with Crippen molar-refractivity contribution in [1.29, 1.82) is 0 Å². The van der Waals surface area contributed by atoms with E-state index >= 15 is 0 Å². The lowest BCUT2D eigenvalue weighted by Gasteiger charge is -2.18. The molecule has 0 saturated heterocycles. The van der Waals surface area contributed by atoms with Gasteiger partial charge < -0.3 is 24.9 Å². The molecule has 0 aromatic carbocycles. The number of unbranched alkanes of at least 4 members (excludes halogenated alkanes) is 8. The molecular weight excluding hydrogens is 248 g/mol. The van der Waals surface area contributed by atoms with Crippen molar-refractivity contribution in [2.24, 2.45) is 5.92 Å². The highest BCUT2D eigenvalue weighted by Crippen LogP contribution is 2.13. The van der Waals surface area contributed by atoms with Crippen LogP contribution in [0.3, 0.4) is 0 Å². The average molecular weight is 272 g/mol. The van der Waals surface area contributed by atoms with Crippen LogP contribution in [0.1, 0.15) is 64.2 Å². The Bertz CT molecular complexity index is 238. The van der Waals surface area contributed by atoms with Gasteiger partial charge in [0.15, 0.2) is 0 Å². The molecule has 0 rings (SSSR count). The number of carboxylic acids is 2. The summed E-state index contributed by atoms with van der Waals surface area (Å²) in [6.07, 6.45) is 8.96. The van der Waals surface area contributed by atoms with Crippen LogP contribution in [0.25, 0.3) is 0 Å². The largest absolute Gasteiger partial charge is 0.549 e. The first kappa shape index (κ1) is 17.9. The summed E-state index contributed by atoms with van der Waals surface area (Å²) in [7, 11) is 0. The second kappa shape index (κ2) is 12.0. The molecule has 0 bridgehead atoms. The maximum absolute atomic E-state index is 10.5. The zero-order valence-electron chi connectivity index (χ0n) is 11.4. The maximum Gasteiger partial charge on any atom is 0.0501 e. The van der Waals surface area contributed by atoms with Crippen molar-refractivity contribution in [2.45, 2.75) is 64.2 Å². The summed E-state index contributed by atoms with van der Waals surface area (Å²) in [5.41, 5.74) is 0. The number of hydrogen-bond acceptors (Lipinski definition) is 5. The molecule has 0 amide bonds. The molecule has 0 aromatic heterocycles. The lowest BCUT2D eigenvalue weighted by atomic mass is 10.00. The van der Waals surface area contributed by atoms with Gasteiger partial charge in [-0.05, 0) is 12.8 Å². The Morgan fingerprint density at radius 2 is 1.11 bits per heavy atom. The Morgan fingerprint density at radius 3 is 1.47 bits per heavy atom. The summed E-state index contributed by atoms with van der Waals surface area (Å²) in [5.74, 6) is -4.58. The Labute approximate surface area is 114 Å². The molecular formula is C14H24O5-2. The van der Waals surface area contributed by atoms with E-state index in [0.29, 0.717) is 6.42 Å². The predicted octanol–water partition coefficient (Wildman–Crippen LogP) is -0.00430. The number of hydrogen-bond donors (Lipinski definition) is 1. The number of aliphatic hydroxyl groups excluding tert-OH is 1. The molecule has 0 saturated carbocycles. The zero-order valence-corrected chi connectivity index (χ0v) is 11.4. The Balaban J connectivity index is 3.35. The van der Waals surface area contributed by atoms with Crippen molar-refractivity contribution < 1.29 is 24.9 Å². The van der Waals surface area contributed by atoms with E-state index in [1.165, 1.54) is 0 Å². The molecule has 0 heterocycles. The van der Waals surface area contributed by atoms with Crippen molar-refractivity contribution in [3.63, 3.8) is 0 Å². The lowest BCUT2D eigenvalue weighted by Crippen LogP contribution is -2.43. The highest BCUT2D eigenvalue weighted by molar-refractivity contribution is 5.90. The van der Waals surface area contributed by atoms with E-state index < -0.39 is 17.9 Å². The number of carboxylic acid groups (broad SMARTS) is 2. The van der Waals surface area contributed by atoms with Crippen molar-refractivity contribution in [3.05, 3.63) is 0 Å². The Hall–Kier alpha value is -1.10. The van der Waals surface area contributed by atoms with Gasteiger partial charge in [-0.2, -0.15) is 0 Å². The van der Waals surface area contributed by atoms with Crippen LogP contribution in [0.15, 0.2) is 0 Å². The fraction of sp³-hybridized carbons (Fsp3) is 0.857. The van der Waals surface area contributed by atoms with Crippen LogP contribution in [0, 0.1) is 5.92 Å². The van der Waals surface area contributed by atoms with Crippen molar-refractivity contribution >= 4 is 11.9 Å². The van der Waals surface area contributed by atoms with E-state index in [1.54, 1.807) is 0 Å². The Kier molecular flexibility index (Phi) is 11.3. The first-order chi connectivity index (χ1) is 9.09. The number of aliphatic carboxylic acids is 2. The van der Waals surface area contributed by atoms with Crippen LogP contribution in [0.4, 0.5) is 0 Å². The summed E-state index contributed by atoms with van der Waals surface area (Å²) in [6, 6.07) is 0. The minimum Gasteiger partial charge on any atom is -0.549 e. The van der Waals surface area contributed by atoms with Crippen molar-refractivity contribution in [3.8, 4) is 0 Å². The normalized spacial score (nSPS) is 10.8. The van der Waals surface area contributed by atoms with E-state index in [4.69, 9.17) is 5.11 Å². The maximum atomic E-state index is 10.5. The van der Waals surface area contributed by atoms with Crippen LogP contribution < -0.4 is 10.2 Å². The summed E-state index contributed by atoms with van der Waals surface area (Å²) in [6.45, 7) is 0.262. The summed E-state index contributed by atoms with van der Waals surface area (Å²) < 4.78 is 0. The van der Waals surface area contributed by atoms with Gasteiger partial charge in [-0.25, -0.2) is 0 Å². The molecule has 112 valence electrons. The molecule has 0 atom stereocenters. The number of aliphatic hydroxyl groups is 1. The molecule has 1 N–H and O–H groups in total. The molecule has 0 unspecified atom stereocenters. The van der Waals surface area contributed by atoms with Crippen LogP contribution in [0.5, 0.6) is 0 Å². The third-order valence-electron chi connectivity index (χ3n) is 3.22. The van der Waals surface area contributed by atoms with Gasteiger partial charge in [0.05, 0.1) is 11.9 Å². The molecule has 0 aliphatic carbocycles. The van der Waals surface area contributed by atoms with Gasteiger partial charge in [0.2, 0.25) is 0 Å². The lowest BCUT2D eigenvalue weighted by molar-refractivity contribution is -0.332. The second-order valence-electron chi connectivity index (χ2n) is 4.88. The topological polar surface area (TPSA) is 100 Å². The number of carbonyl (C=O) groups is 2. The molecule has 0 radical (unpaired) electrons. The van der Waals surface area contributed by atoms with Gasteiger partial charge in [0, 0.05) is 12.5 Å². The molecule has 5 heteroatoms. The molecule has 0 fully saturated rings. The predicted molar refractivity (Wildman–Crippen MR) is 66.8 cm³/mol. The van der Waals surface area contributed by atoms with Crippen LogP contribution >= 0.6 is 0 Å². The monoisotopic (exact) mass is 272 g/mol. The number of carbonyl (C=O) groups excluding carboxylic acids is 2. The smallest absolute Gasteiger partial charge is 0.0501 e. The number of rotatable bonds is 13. The third-order valence-corrected chi connectivity index (χ3v) is 3.22. The first-order valence-corrected chi connectivity index (χ1v) is 7.12. The molecule has 0 aromatic rings. The van der Waals surface area contributed by atoms with E-state index in [1.807, 2.05) is 0 Å². The first-order valence-electron chi connectivity index (χ1n) is 7.12. The summed E-state index contributed by atoms with van der Waals surface area (Å²) in [5, 5.41) is 29.6. The molecule has 0 spiro atoms. The van der Waals surface area contributed by atoms with Crippen molar-refractivity contribution in [1.82, 2.24) is 0 Å². The molecule has 0 aliphatic rings. The molecule has 19 heavy (non-hydrogen) atoms. The van der Waals surface area contributed by atoms with Gasteiger partial charge in [0.1, 0.15) is 0 Å². The van der Waals surface area contributed by atoms with Gasteiger partial charge in [-0.3, -0.25) is 0 Å². The second-order valence-corrected chi connectivity index (χ2v) is 4.88. The van der Waals surface area contributed by atoms with Crippen LogP contribution in [-0.2, 0) is 9.59 Å². The highest BCUT2D eigenvalue weighted by Gasteiger charge is 2.10. The van der Waals surface area contributed by atoms with Gasteiger partial charge in [0.25, 0.3) is 0 Å². The van der Waals surface area contributed by atoms with Crippen molar-refractivity contribution in [2.75, 3.05) is 6.61 Å². The Morgan fingerprint density at radius 1 is 0.737 bits per heavy atom. The van der Waals surface area contributed by atoms with E-state index in [9.17, 15) is 19.8 Å². The quantitative estimate of drug-likeness (QED) is 0.375. The van der Waals surface area contributed by atoms with E-state index in [-0.39, 0.29) is 13.0 Å². The van der Waals surface area contributed by atoms with Gasteiger partial charge in [-0.15, -0.1) is 0 Å². The fourth-order valence-corrected chi connectivity index (χ4v) is 2.03. The van der Waals surface area contributed by atoms with Gasteiger partial charge >= 0.3 is 0 Å². The summed E-state index contributed by atoms with van der Waals surface area (Å²) in [4.78, 5) is 21.0. The molecule has 0 aliphatic heterocycles. The third kappa shape index (κ3) is 10.5. The zero-order chi connectivity index (χ0) is 14.5. The average Bonchev–Trinajstić information content (AvgIpc) is 2.35. The van der Waals surface area contributed by atoms with Crippen LogP contribution in [0.2, 0.25) is 0 Å². The fourth-order valence-electron chi connectivity index (χ4n) is 2.03. The van der Waals surface area contributed by atoms with Gasteiger partial charge in [-0.1, -0.05) is 51.4 Å². The minimum atomic E-state index is -1.55. The standard InChI is InChI=1S/C14H26O5/c15-11-9-7-5-3-1-2-4-6-8-10-12(13(16)17)14(18)19/h12,15H,1-11H2,(H,16,17)(H,18,19)/p-2. The van der Waals surface area contributed by atoms with E-state index in [2.05, 4.69) is 0 Å². The van der Waals surface area contributed by atoms with Crippen LogP contribution in [-0.4, -0.2) is 23.7 Å². The van der Waals surface area contributed by atoms with E-state index in [0.717, 1.165) is 51.4 Å². The highest BCUT2D eigenvalue weighted by atomic mass is 16.4.